The molecule has 0 fully saturated rings. The van der Waals surface area contributed by atoms with E-state index in [9.17, 15) is 14.4 Å². The number of carboxylic acids is 1. The first kappa shape index (κ1) is 14.0. The van der Waals surface area contributed by atoms with E-state index in [1.54, 1.807) is 18.4 Å². The van der Waals surface area contributed by atoms with E-state index >= 15 is 0 Å². The van der Waals surface area contributed by atoms with Gasteiger partial charge >= 0.3 is 11.7 Å². The Labute approximate surface area is 117 Å². The number of aryl methyl sites for hydroxylation is 1. The summed E-state index contributed by atoms with van der Waals surface area (Å²) in [6, 6.07) is 1.80. The molecule has 0 amide bonds. The average molecular weight is 292 g/mol. The highest BCUT2D eigenvalue weighted by molar-refractivity contribution is 7.10. The third-order valence-electron chi connectivity index (χ3n) is 2.61. The van der Waals surface area contributed by atoms with Gasteiger partial charge in [-0.25, -0.2) is 9.59 Å². The summed E-state index contributed by atoms with van der Waals surface area (Å²) in [4.78, 5) is 36.5. The van der Waals surface area contributed by atoms with E-state index in [2.05, 4.69) is 4.98 Å². The molecule has 104 valence electrons. The van der Waals surface area contributed by atoms with Gasteiger partial charge in [0.05, 0.1) is 6.54 Å². The van der Waals surface area contributed by atoms with Gasteiger partial charge in [0.25, 0.3) is 5.56 Å². The minimum Gasteiger partial charge on any atom is -0.478 e. The summed E-state index contributed by atoms with van der Waals surface area (Å²) < 4.78 is 1.41. The predicted octanol–water partition coefficient (Wildman–Crippen LogP) is 1.05. The second-order valence-electron chi connectivity index (χ2n) is 4.22. The van der Waals surface area contributed by atoms with Gasteiger partial charge in [0, 0.05) is 22.7 Å². The van der Waals surface area contributed by atoms with Crippen LogP contribution in [0.25, 0.3) is 6.08 Å². The summed E-state index contributed by atoms with van der Waals surface area (Å²) in [5.74, 6) is -1.01. The molecule has 0 atom stereocenters. The molecule has 2 N–H and O–H groups in total. The van der Waals surface area contributed by atoms with Crippen LogP contribution in [-0.2, 0) is 11.3 Å². The Hall–Kier alpha value is -2.41. The molecule has 0 radical (unpaired) electrons. The maximum absolute atomic E-state index is 11.6. The van der Waals surface area contributed by atoms with Gasteiger partial charge in [0.1, 0.15) is 0 Å². The van der Waals surface area contributed by atoms with Crippen molar-refractivity contribution in [2.45, 2.75) is 13.5 Å². The van der Waals surface area contributed by atoms with Crippen molar-refractivity contribution in [3.8, 4) is 0 Å². The van der Waals surface area contributed by atoms with Gasteiger partial charge in [-0.05, 0) is 30.0 Å². The fourth-order valence-electron chi connectivity index (χ4n) is 1.64. The Bertz CT molecular complexity index is 782. The van der Waals surface area contributed by atoms with Gasteiger partial charge in [-0.2, -0.15) is 0 Å². The fourth-order valence-corrected chi connectivity index (χ4v) is 2.49. The Morgan fingerprint density at radius 1 is 1.50 bits per heavy atom. The lowest BCUT2D eigenvalue weighted by molar-refractivity contribution is -0.131. The van der Waals surface area contributed by atoms with E-state index in [0.29, 0.717) is 12.1 Å². The van der Waals surface area contributed by atoms with Crippen molar-refractivity contribution in [3.63, 3.8) is 0 Å². The van der Waals surface area contributed by atoms with Gasteiger partial charge in [-0.15, -0.1) is 11.3 Å². The normalized spacial score (nSPS) is 11.1. The monoisotopic (exact) mass is 292 g/mol. The Kier molecular flexibility index (Phi) is 3.99. The Morgan fingerprint density at radius 3 is 2.95 bits per heavy atom. The van der Waals surface area contributed by atoms with Crippen molar-refractivity contribution < 1.29 is 9.90 Å². The average Bonchev–Trinajstić information content (AvgIpc) is 2.81. The lowest BCUT2D eigenvalue weighted by Crippen LogP contribution is -2.30. The van der Waals surface area contributed by atoms with Crippen molar-refractivity contribution >= 4 is 23.4 Å². The van der Waals surface area contributed by atoms with Crippen LogP contribution in [0.4, 0.5) is 0 Å². The second kappa shape index (κ2) is 5.70. The largest absolute Gasteiger partial charge is 0.478 e. The van der Waals surface area contributed by atoms with Crippen LogP contribution in [0.5, 0.6) is 0 Å². The second-order valence-corrected chi connectivity index (χ2v) is 5.21. The number of carboxylic acid groups (broad SMARTS) is 1. The number of nitrogens with one attached hydrogen (secondary N) is 1. The smallest absolute Gasteiger partial charge is 0.328 e. The fraction of sp³-hybridized carbons (Fsp3) is 0.154. The van der Waals surface area contributed by atoms with Crippen molar-refractivity contribution in [1.29, 1.82) is 0 Å². The number of aromatic amines is 1. The van der Waals surface area contributed by atoms with Gasteiger partial charge in [-0.1, -0.05) is 0 Å². The zero-order chi connectivity index (χ0) is 14.7. The van der Waals surface area contributed by atoms with Gasteiger partial charge in [0.2, 0.25) is 0 Å². The molecule has 0 aliphatic rings. The van der Waals surface area contributed by atoms with Crippen LogP contribution in [0.1, 0.15) is 16.0 Å². The lowest BCUT2D eigenvalue weighted by Gasteiger charge is -2.03. The number of aromatic nitrogens is 2. The molecule has 6 nitrogen and oxygen atoms in total. The molecule has 0 bridgehead atoms. The van der Waals surface area contributed by atoms with E-state index in [-0.39, 0.29) is 5.56 Å². The number of nitrogens with zero attached hydrogens (tertiary/aromatic N) is 1. The molecule has 7 heteroatoms. The van der Waals surface area contributed by atoms with Gasteiger partial charge < -0.3 is 5.11 Å². The number of H-pyrrole nitrogens is 1. The van der Waals surface area contributed by atoms with Crippen molar-refractivity contribution in [2.24, 2.45) is 0 Å². The topological polar surface area (TPSA) is 92.2 Å². The van der Waals surface area contributed by atoms with Crippen molar-refractivity contribution in [2.75, 3.05) is 0 Å². The van der Waals surface area contributed by atoms with Gasteiger partial charge in [0.15, 0.2) is 0 Å². The maximum atomic E-state index is 11.6. The number of carbonyl (C=O) groups is 1. The first-order valence-electron chi connectivity index (χ1n) is 5.74. The number of rotatable bonds is 4. The van der Waals surface area contributed by atoms with E-state index in [1.807, 2.05) is 0 Å². The number of aliphatic carboxylic acids is 1. The molecular weight excluding hydrogens is 280 g/mol. The summed E-state index contributed by atoms with van der Waals surface area (Å²) in [5.41, 5.74) is 0.382. The molecule has 0 aliphatic carbocycles. The molecule has 20 heavy (non-hydrogen) atoms. The van der Waals surface area contributed by atoms with Crippen LogP contribution < -0.4 is 11.2 Å². The first-order valence-corrected chi connectivity index (χ1v) is 6.62. The molecule has 0 saturated heterocycles. The number of hydrogen-bond acceptors (Lipinski definition) is 4. The van der Waals surface area contributed by atoms with Crippen LogP contribution in [0.3, 0.4) is 0 Å². The zero-order valence-corrected chi connectivity index (χ0v) is 11.4. The zero-order valence-electron chi connectivity index (χ0n) is 10.6. The minimum atomic E-state index is -1.01. The molecule has 0 spiro atoms. The summed E-state index contributed by atoms with van der Waals surface area (Å²) in [7, 11) is 0. The summed E-state index contributed by atoms with van der Waals surface area (Å²) in [6.45, 7) is 1.96. The molecule has 2 heterocycles. The van der Waals surface area contributed by atoms with Crippen LogP contribution in [0.15, 0.2) is 33.3 Å². The highest BCUT2D eigenvalue weighted by Crippen LogP contribution is 2.16. The van der Waals surface area contributed by atoms with Crippen LogP contribution in [0.2, 0.25) is 0 Å². The summed E-state index contributed by atoms with van der Waals surface area (Å²) >= 11 is 1.42. The van der Waals surface area contributed by atoms with Gasteiger partial charge in [-0.3, -0.25) is 14.3 Å². The van der Waals surface area contributed by atoms with E-state index < -0.39 is 11.7 Å². The van der Waals surface area contributed by atoms with E-state index in [1.165, 1.54) is 28.2 Å². The molecule has 0 unspecified atom stereocenters. The van der Waals surface area contributed by atoms with Crippen LogP contribution >= 0.6 is 11.3 Å². The maximum Gasteiger partial charge on any atom is 0.328 e. The molecular formula is C13H12N2O4S. The predicted molar refractivity (Wildman–Crippen MR) is 76.2 cm³/mol. The third kappa shape index (κ3) is 3.33. The Morgan fingerprint density at radius 2 is 2.25 bits per heavy atom. The van der Waals surface area contributed by atoms with E-state index in [0.717, 1.165) is 16.5 Å². The Balaban J connectivity index is 2.23. The highest BCUT2D eigenvalue weighted by Gasteiger charge is 2.04. The highest BCUT2D eigenvalue weighted by atomic mass is 32.1. The molecule has 0 aliphatic heterocycles. The lowest BCUT2D eigenvalue weighted by atomic mass is 10.3. The van der Waals surface area contributed by atoms with Crippen molar-refractivity contribution in [3.05, 3.63) is 60.6 Å². The molecule has 0 saturated carbocycles. The summed E-state index contributed by atoms with van der Waals surface area (Å²) in [6.07, 6.45) is 4.05. The SMILES string of the molecule is Cc1cn(Cc2cc(C=CC(=O)O)cs2)c(=O)[nH]c1=O. The van der Waals surface area contributed by atoms with Crippen molar-refractivity contribution in [1.82, 2.24) is 9.55 Å². The summed E-state index contributed by atoms with van der Waals surface area (Å²) in [5, 5.41) is 10.4. The molecule has 0 aromatic carbocycles. The van der Waals surface area contributed by atoms with Crippen LogP contribution in [-0.4, -0.2) is 20.6 Å². The first-order chi connectivity index (χ1) is 9.45. The molecule has 2 rings (SSSR count). The molecule has 2 aromatic rings. The minimum absolute atomic E-state index is 0.335. The molecule has 2 aromatic heterocycles. The number of hydrogen-bond donors (Lipinski definition) is 2. The number of thiophene rings is 1. The quantitative estimate of drug-likeness (QED) is 0.824. The van der Waals surface area contributed by atoms with Crippen LogP contribution in [0, 0.1) is 6.92 Å². The van der Waals surface area contributed by atoms with E-state index in [4.69, 9.17) is 5.11 Å². The standard InChI is InChI=1S/C13H12N2O4S/c1-8-5-15(13(19)14-12(8)18)6-10-4-9(7-20-10)2-3-11(16)17/h2-5,7H,6H2,1H3,(H,16,17)(H,14,18,19). The third-order valence-corrected chi connectivity index (χ3v) is 3.55.